The molecule has 4 fully saturated rings. The largest absolute Gasteiger partial charge is 0.341 e. The molecule has 26 heavy (non-hydrogen) atoms. The number of carbonyl (C=O) groups is 1. The fourth-order valence-electron chi connectivity index (χ4n) is 6.19. The first-order chi connectivity index (χ1) is 12.3. The number of carbonyl (C=O) groups excluding carboxylic acids is 1. The lowest BCUT2D eigenvalue weighted by molar-refractivity contribution is -0.0629. The highest BCUT2D eigenvalue weighted by Gasteiger charge is 2.51. The first-order valence-corrected chi connectivity index (χ1v) is 11.1. The van der Waals surface area contributed by atoms with E-state index >= 15 is 0 Å². The van der Waals surface area contributed by atoms with Gasteiger partial charge >= 0.3 is 0 Å². The van der Waals surface area contributed by atoms with Crippen LogP contribution in [0, 0.1) is 23.2 Å². The lowest BCUT2D eigenvalue weighted by atomic mass is 9.49. The molecule has 0 aromatic heterocycles. The van der Waals surface area contributed by atoms with Crippen molar-refractivity contribution in [3.63, 3.8) is 0 Å². The molecule has 4 bridgehead atoms. The van der Waals surface area contributed by atoms with Gasteiger partial charge in [0.1, 0.15) is 0 Å². The summed E-state index contributed by atoms with van der Waals surface area (Å²) in [5, 5.41) is 0. The zero-order valence-electron chi connectivity index (χ0n) is 15.6. The lowest BCUT2D eigenvalue weighted by Gasteiger charge is -2.57. The second kappa shape index (κ2) is 6.34. The quantitative estimate of drug-likeness (QED) is 0.859. The summed E-state index contributed by atoms with van der Waals surface area (Å²) < 4.78 is 26.3. The highest BCUT2D eigenvalue weighted by Crippen LogP contribution is 2.60. The smallest absolute Gasteiger partial charge is 0.253 e. The maximum Gasteiger partial charge on any atom is 0.253 e. The number of nitrogens with one attached hydrogen (secondary N) is 1. The first-order valence-electron chi connectivity index (χ1n) is 9.59. The van der Waals surface area contributed by atoms with E-state index in [1.54, 1.807) is 12.1 Å². The number of amides is 1. The van der Waals surface area contributed by atoms with Gasteiger partial charge in [-0.2, -0.15) is 0 Å². The summed E-state index contributed by atoms with van der Waals surface area (Å²) in [7, 11) is -0.305. The topological polar surface area (TPSA) is 66.5 Å². The van der Waals surface area contributed by atoms with E-state index in [0.717, 1.165) is 24.3 Å². The molecular formula is C20H28N2O3S. The number of sulfonamides is 1. The van der Waals surface area contributed by atoms with Gasteiger partial charge in [0.25, 0.3) is 5.91 Å². The summed E-state index contributed by atoms with van der Waals surface area (Å²) in [6, 6.07) is 6.33. The Labute approximate surface area is 156 Å². The Morgan fingerprint density at radius 1 is 1.15 bits per heavy atom. The van der Waals surface area contributed by atoms with Gasteiger partial charge in [0.15, 0.2) is 0 Å². The monoisotopic (exact) mass is 376 g/mol. The van der Waals surface area contributed by atoms with Crippen molar-refractivity contribution in [3.8, 4) is 0 Å². The minimum absolute atomic E-state index is 0.0890. The maximum atomic E-state index is 12.9. The van der Waals surface area contributed by atoms with Gasteiger partial charge in [-0.05, 0) is 86.9 Å². The Morgan fingerprint density at radius 2 is 1.73 bits per heavy atom. The molecule has 0 radical (unpaired) electrons. The van der Waals surface area contributed by atoms with E-state index in [2.05, 4.69) is 4.72 Å². The van der Waals surface area contributed by atoms with Crippen molar-refractivity contribution in [3.05, 3.63) is 29.8 Å². The maximum absolute atomic E-state index is 12.9. The molecule has 4 saturated carbocycles. The molecule has 0 saturated heterocycles. The summed E-state index contributed by atoms with van der Waals surface area (Å²) >= 11 is 0. The van der Waals surface area contributed by atoms with Gasteiger partial charge in [0, 0.05) is 19.2 Å². The molecule has 1 aromatic carbocycles. The second-order valence-corrected chi connectivity index (χ2v) is 10.7. The molecule has 6 heteroatoms. The van der Waals surface area contributed by atoms with E-state index in [4.69, 9.17) is 0 Å². The third kappa shape index (κ3) is 3.18. The van der Waals surface area contributed by atoms with Crippen LogP contribution in [0.2, 0.25) is 0 Å². The lowest BCUT2D eigenvalue weighted by Crippen LogP contribution is -2.51. The van der Waals surface area contributed by atoms with Crippen LogP contribution in [0.4, 0.5) is 0 Å². The Morgan fingerprint density at radius 3 is 2.27 bits per heavy atom. The summed E-state index contributed by atoms with van der Waals surface area (Å²) in [5.41, 5.74) is 0.724. The van der Waals surface area contributed by atoms with Crippen molar-refractivity contribution in [2.75, 3.05) is 20.6 Å². The Balaban J connectivity index is 1.51. The normalized spacial score (nSPS) is 32.6. The van der Waals surface area contributed by atoms with Crippen LogP contribution in [-0.2, 0) is 10.0 Å². The van der Waals surface area contributed by atoms with Crippen molar-refractivity contribution in [2.45, 2.75) is 43.4 Å². The molecular weight excluding hydrogens is 348 g/mol. The van der Waals surface area contributed by atoms with Crippen LogP contribution in [0.5, 0.6) is 0 Å². The van der Waals surface area contributed by atoms with Crippen LogP contribution in [0.3, 0.4) is 0 Å². The van der Waals surface area contributed by atoms with Gasteiger partial charge in [-0.1, -0.05) is 6.07 Å². The van der Waals surface area contributed by atoms with E-state index in [0.29, 0.717) is 5.56 Å². The number of rotatable bonds is 5. The zero-order chi connectivity index (χ0) is 18.5. The van der Waals surface area contributed by atoms with Crippen LogP contribution in [-0.4, -0.2) is 39.9 Å². The SMILES string of the molecule is CNS(=O)(=O)c1cccc(C(=O)N(C)CC23CC4CC(CC(C4)C2)C3)c1. The van der Waals surface area contributed by atoms with Crippen LogP contribution in [0.1, 0.15) is 48.9 Å². The van der Waals surface area contributed by atoms with Crippen molar-refractivity contribution < 1.29 is 13.2 Å². The Hall–Kier alpha value is -1.40. The molecule has 0 heterocycles. The number of nitrogens with zero attached hydrogens (tertiary/aromatic N) is 1. The molecule has 0 aliphatic heterocycles. The Kier molecular flexibility index (Phi) is 4.39. The van der Waals surface area contributed by atoms with Gasteiger partial charge in [-0.3, -0.25) is 4.79 Å². The first kappa shape index (κ1) is 18.0. The molecule has 4 aliphatic rings. The predicted molar refractivity (Wildman–Crippen MR) is 100 cm³/mol. The third-order valence-electron chi connectivity index (χ3n) is 6.74. The fraction of sp³-hybridized carbons (Fsp3) is 0.650. The van der Waals surface area contributed by atoms with Crippen LogP contribution < -0.4 is 4.72 Å². The second-order valence-electron chi connectivity index (χ2n) is 8.81. The number of hydrogen-bond acceptors (Lipinski definition) is 3. The van der Waals surface area contributed by atoms with Gasteiger partial charge < -0.3 is 4.90 Å². The van der Waals surface area contributed by atoms with E-state index in [1.165, 1.54) is 57.7 Å². The van der Waals surface area contributed by atoms with Crippen LogP contribution in [0.25, 0.3) is 0 Å². The third-order valence-corrected chi connectivity index (χ3v) is 8.16. The summed E-state index contributed by atoms with van der Waals surface area (Å²) in [4.78, 5) is 14.9. The standard InChI is InChI=1S/C20H28N2O3S/c1-21-26(24,25)18-5-3-4-17(9-18)19(23)22(2)13-20-10-14-6-15(11-20)8-16(7-14)12-20/h3-5,9,14-16,21H,6-8,10-13H2,1-2H3. The molecule has 1 N–H and O–H groups in total. The highest BCUT2D eigenvalue weighted by molar-refractivity contribution is 7.89. The van der Waals surface area contributed by atoms with E-state index in [-0.39, 0.29) is 16.2 Å². The van der Waals surface area contributed by atoms with Gasteiger partial charge in [0.2, 0.25) is 10.0 Å². The molecule has 5 rings (SSSR count). The van der Waals surface area contributed by atoms with Crippen LogP contribution in [0.15, 0.2) is 29.2 Å². The van der Waals surface area contributed by atoms with Crippen molar-refractivity contribution in [1.29, 1.82) is 0 Å². The molecule has 0 spiro atoms. The van der Waals surface area contributed by atoms with Crippen molar-refractivity contribution >= 4 is 15.9 Å². The zero-order valence-corrected chi connectivity index (χ0v) is 16.4. The van der Waals surface area contributed by atoms with Crippen molar-refractivity contribution in [2.24, 2.45) is 23.2 Å². The molecule has 1 aromatic rings. The molecule has 5 nitrogen and oxygen atoms in total. The Bertz CT molecular complexity index is 783. The van der Waals surface area contributed by atoms with E-state index in [9.17, 15) is 13.2 Å². The van der Waals surface area contributed by atoms with Crippen molar-refractivity contribution in [1.82, 2.24) is 9.62 Å². The average molecular weight is 377 g/mol. The highest BCUT2D eigenvalue weighted by atomic mass is 32.2. The molecule has 4 aliphatic carbocycles. The molecule has 1 amide bonds. The summed E-state index contributed by atoms with van der Waals surface area (Å²) in [6.45, 7) is 0.790. The van der Waals surface area contributed by atoms with Gasteiger partial charge in [0.05, 0.1) is 4.90 Å². The summed E-state index contributed by atoms with van der Waals surface area (Å²) in [5.74, 6) is 2.48. The summed E-state index contributed by atoms with van der Waals surface area (Å²) in [6.07, 6.45) is 7.93. The van der Waals surface area contributed by atoms with Gasteiger partial charge in [-0.15, -0.1) is 0 Å². The van der Waals surface area contributed by atoms with E-state index in [1.807, 2.05) is 11.9 Å². The van der Waals surface area contributed by atoms with Gasteiger partial charge in [-0.25, -0.2) is 13.1 Å². The number of benzene rings is 1. The minimum atomic E-state index is -3.54. The minimum Gasteiger partial charge on any atom is -0.341 e. The number of hydrogen-bond donors (Lipinski definition) is 1. The van der Waals surface area contributed by atoms with Crippen LogP contribution >= 0.6 is 0 Å². The molecule has 142 valence electrons. The van der Waals surface area contributed by atoms with E-state index < -0.39 is 10.0 Å². The molecule has 0 unspecified atom stereocenters. The predicted octanol–water partition coefficient (Wildman–Crippen LogP) is 2.88. The fourth-order valence-corrected chi connectivity index (χ4v) is 6.97. The average Bonchev–Trinajstić information content (AvgIpc) is 2.59. The molecule has 0 atom stereocenters.